The van der Waals surface area contributed by atoms with Gasteiger partial charge in [-0.05, 0) is 74.9 Å². The molecule has 0 bridgehead atoms. The predicted molar refractivity (Wildman–Crippen MR) is 144 cm³/mol. The average Bonchev–Trinajstić information content (AvgIpc) is 3.33. The van der Waals surface area contributed by atoms with Crippen molar-refractivity contribution in [2.45, 2.75) is 31.2 Å². The first-order chi connectivity index (χ1) is 17.6. The van der Waals surface area contributed by atoms with E-state index in [-0.39, 0.29) is 22.7 Å². The molecule has 37 heavy (non-hydrogen) atoms. The molecule has 4 rings (SSSR count). The molecule has 2 aromatic carbocycles. The predicted octanol–water partition coefficient (Wildman–Crippen LogP) is 4.47. The van der Waals surface area contributed by atoms with E-state index in [1.807, 2.05) is 29.1 Å². The van der Waals surface area contributed by atoms with Gasteiger partial charge in [0.25, 0.3) is 0 Å². The fraction of sp³-hybridized carbons (Fsp3) is 0.259. The number of ether oxygens (including phenoxy) is 1. The minimum Gasteiger partial charge on any atom is -0.508 e. The first kappa shape index (κ1) is 26.2. The van der Waals surface area contributed by atoms with E-state index in [2.05, 4.69) is 35.8 Å². The summed E-state index contributed by atoms with van der Waals surface area (Å²) in [6.45, 7) is 6.73. The zero-order chi connectivity index (χ0) is 26.6. The number of hydrogen-bond acceptors (Lipinski definition) is 7. The molecule has 10 heteroatoms. The molecule has 3 N–H and O–H groups in total. The summed E-state index contributed by atoms with van der Waals surface area (Å²) in [7, 11) is -2.11. The summed E-state index contributed by atoms with van der Waals surface area (Å²) in [4.78, 5) is 4.55. The molecular formula is C27H31N5O4S. The molecule has 0 unspecified atom stereocenters. The number of anilines is 1. The van der Waals surface area contributed by atoms with Crippen LogP contribution in [0.1, 0.15) is 20.8 Å². The van der Waals surface area contributed by atoms with Crippen molar-refractivity contribution in [2.24, 2.45) is 0 Å². The number of rotatable bonds is 9. The summed E-state index contributed by atoms with van der Waals surface area (Å²) in [5, 5.41) is 18.0. The van der Waals surface area contributed by atoms with Gasteiger partial charge >= 0.3 is 0 Å². The number of nitrogens with zero attached hydrogens (tertiary/aromatic N) is 3. The summed E-state index contributed by atoms with van der Waals surface area (Å²) >= 11 is 0. The van der Waals surface area contributed by atoms with Crippen molar-refractivity contribution in [1.82, 2.24) is 19.5 Å². The van der Waals surface area contributed by atoms with Crippen molar-refractivity contribution in [3.05, 3.63) is 73.1 Å². The molecule has 0 spiro atoms. The third-order valence-corrected chi connectivity index (χ3v) is 7.16. The Kier molecular flexibility index (Phi) is 7.51. The number of hydrogen-bond donors (Lipinski definition) is 3. The lowest BCUT2D eigenvalue weighted by atomic mass is 10.0. The van der Waals surface area contributed by atoms with Crippen LogP contribution < -0.4 is 14.8 Å². The molecule has 4 aromatic rings. The molecule has 2 aromatic heterocycles. The van der Waals surface area contributed by atoms with E-state index >= 15 is 0 Å². The first-order valence-electron chi connectivity index (χ1n) is 11.8. The van der Waals surface area contributed by atoms with Gasteiger partial charge in [-0.3, -0.25) is 4.68 Å². The van der Waals surface area contributed by atoms with Crippen molar-refractivity contribution in [2.75, 3.05) is 25.5 Å². The maximum atomic E-state index is 12.5. The lowest BCUT2D eigenvalue weighted by molar-refractivity contribution is 0.356. The second-order valence-corrected chi connectivity index (χ2v) is 11.3. The number of sulfonamides is 1. The normalized spacial score (nSPS) is 11.9. The van der Waals surface area contributed by atoms with E-state index in [4.69, 9.17) is 9.84 Å². The standard InChI is InChI=1S/C27H31N5O4S/c1-27(2,3)32-18-24(26(31-32)20-6-5-7-21(33)16-20)19-12-13-28-25(17-19)29-14-15-30-37(34,35)23-10-8-22(36-4)9-11-23/h5-13,16-18,30,33H,14-15H2,1-4H3,(H,28,29). The number of pyridine rings is 1. The van der Waals surface area contributed by atoms with E-state index in [9.17, 15) is 13.5 Å². The van der Waals surface area contributed by atoms with Crippen LogP contribution in [0.3, 0.4) is 0 Å². The maximum Gasteiger partial charge on any atom is 0.240 e. The van der Waals surface area contributed by atoms with Gasteiger partial charge in [0, 0.05) is 36.6 Å². The highest BCUT2D eigenvalue weighted by atomic mass is 32.2. The minimum absolute atomic E-state index is 0.169. The highest BCUT2D eigenvalue weighted by molar-refractivity contribution is 7.89. The van der Waals surface area contributed by atoms with Crippen LogP contribution in [0.15, 0.2) is 78.0 Å². The van der Waals surface area contributed by atoms with Gasteiger partial charge in [-0.1, -0.05) is 12.1 Å². The zero-order valence-corrected chi connectivity index (χ0v) is 22.1. The van der Waals surface area contributed by atoms with Gasteiger partial charge < -0.3 is 15.2 Å². The Morgan fingerprint density at radius 1 is 1.00 bits per heavy atom. The van der Waals surface area contributed by atoms with Crippen molar-refractivity contribution < 1.29 is 18.3 Å². The molecule has 0 atom stereocenters. The van der Waals surface area contributed by atoms with E-state index in [0.717, 1.165) is 22.4 Å². The number of aromatic nitrogens is 3. The number of methoxy groups -OCH3 is 1. The molecule has 9 nitrogen and oxygen atoms in total. The Morgan fingerprint density at radius 2 is 1.76 bits per heavy atom. The minimum atomic E-state index is -3.64. The molecule has 0 amide bonds. The van der Waals surface area contributed by atoms with Gasteiger partial charge in [0.2, 0.25) is 10.0 Å². The van der Waals surface area contributed by atoms with Gasteiger partial charge in [-0.15, -0.1) is 0 Å². The summed E-state index contributed by atoms with van der Waals surface area (Å²) in [6.07, 6.45) is 3.68. The second-order valence-electron chi connectivity index (χ2n) is 9.49. The topological polar surface area (TPSA) is 118 Å². The van der Waals surface area contributed by atoms with E-state index in [0.29, 0.717) is 18.1 Å². The monoisotopic (exact) mass is 521 g/mol. The smallest absolute Gasteiger partial charge is 0.240 e. The van der Waals surface area contributed by atoms with Crippen LogP contribution in [-0.4, -0.2) is 48.5 Å². The van der Waals surface area contributed by atoms with E-state index in [1.165, 1.54) is 19.2 Å². The van der Waals surface area contributed by atoms with Crippen molar-refractivity contribution in [3.8, 4) is 33.9 Å². The first-order valence-corrected chi connectivity index (χ1v) is 13.3. The average molecular weight is 522 g/mol. The molecule has 0 radical (unpaired) electrons. The lowest BCUT2D eigenvalue weighted by Gasteiger charge is -2.18. The summed E-state index contributed by atoms with van der Waals surface area (Å²) in [5.41, 5.74) is 3.10. The van der Waals surface area contributed by atoms with Gasteiger partial charge in [0.05, 0.1) is 17.5 Å². The fourth-order valence-corrected chi connectivity index (χ4v) is 4.74. The third kappa shape index (κ3) is 6.28. The molecule has 0 saturated heterocycles. The van der Waals surface area contributed by atoms with Crippen LogP contribution in [0.4, 0.5) is 5.82 Å². The van der Waals surface area contributed by atoms with Crippen molar-refractivity contribution >= 4 is 15.8 Å². The van der Waals surface area contributed by atoms with Crippen molar-refractivity contribution in [3.63, 3.8) is 0 Å². The molecule has 0 aliphatic rings. The molecular weight excluding hydrogens is 490 g/mol. The largest absolute Gasteiger partial charge is 0.508 e. The van der Waals surface area contributed by atoms with Crippen LogP contribution in [-0.2, 0) is 15.6 Å². The summed E-state index contributed by atoms with van der Waals surface area (Å²) in [6, 6.07) is 17.0. The number of nitrogens with one attached hydrogen (secondary N) is 2. The Labute approximate surface area is 217 Å². The van der Waals surface area contributed by atoms with Crippen molar-refractivity contribution in [1.29, 1.82) is 0 Å². The van der Waals surface area contributed by atoms with Gasteiger partial charge in [0.15, 0.2) is 0 Å². The molecule has 0 aliphatic heterocycles. The summed E-state index contributed by atoms with van der Waals surface area (Å²) in [5.74, 6) is 1.36. The van der Waals surface area contributed by atoms with Crippen LogP contribution in [0, 0.1) is 0 Å². The second kappa shape index (κ2) is 10.6. The number of phenolic OH excluding ortho intramolecular Hbond substituents is 1. The van der Waals surface area contributed by atoms with Crippen LogP contribution in [0.5, 0.6) is 11.5 Å². The number of benzene rings is 2. The fourth-order valence-electron chi connectivity index (χ4n) is 3.70. The molecule has 0 aliphatic carbocycles. The number of aromatic hydroxyl groups is 1. The maximum absolute atomic E-state index is 12.5. The van der Waals surface area contributed by atoms with Gasteiger partial charge in [0.1, 0.15) is 23.0 Å². The Hall–Kier alpha value is -3.89. The molecule has 0 fully saturated rings. The Morgan fingerprint density at radius 3 is 2.43 bits per heavy atom. The van der Waals surface area contributed by atoms with Gasteiger partial charge in [-0.25, -0.2) is 18.1 Å². The zero-order valence-electron chi connectivity index (χ0n) is 21.3. The highest BCUT2D eigenvalue weighted by Crippen LogP contribution is 2.34. The lowest BCUT2D eigenvalue weighted by Crippen LogP contribution is -2.29. The van der Waals surface area contributed by atoms with Gasteiger partial charge in [-0.2, -0.15) is 5.10 Å². The Balaban J connectivity index is 1.50. The third-order valence-electron chi connectivity index (χ3n) is 5.69. The highest BCUT2D eigenvalue weighted by Gasteiger charge is 2.20. The van der Waals surface area contributed by atoms with Crippen LogP contribution >= 0.6 is 0 Å². The molecule has 0 saturated carbocycles. The number of phenols is 1. The summed E-state index contributed by atoms with van der Waals surface area (Å²) < 4.78 is 34.7. The SMILES string of the molecule is COc1ccc(S(=O)(=O)NCCNc2cc(-c3cn(C(C)(C)C)nc3-c3cccc(O)c3)ccn2)cc1. The quantitative estimate of drug-likeness (QED) is 0.278. The van der Waals surface area contributed by atoms with Crippen LogP contribution in [0.25, 0.3) is 22.4 Å². The van der Waals surface area contributed by atoms with E-state index in [1.54, 1.807) is 36.5 Å². The molecule has 2 heterocycles. The Bertz CT molecular complexity index is 1480. The molecule has 194 valence electrons. The van der Waals surface area contributed by atoms with Crippen LogP contribution in [0.2, 0.25) is 0 Å². The van der Waals surface area contributed by atoms with E-state index < -0.39 is 10.0 Å².